The standard InChI is InChI=1S/C24H21N3O5S/c1-14(28)25-15-6-8-16(9-7-15)27-23(29)21(20-5-4-12-33-20)22(24(27)30)26-18-13-17(31-2)10-11-19(18)32-3/h4-13,26H,1-3H3,(H,25,28). The van der Waals surface area contributed by atoms with Crippen molar-refractivity contribution in [2.24, 2.45) is 0 Å². The Morgan fingerprint density at radius 3 is 2.33 bits per heavy atom. The van der Waals surface area contributed by atoms with Crippen LogP contribution in [0.5, 0.6) is 11.5 Å². The van der Waals surface area contributed by atoms with Crippen molar-refractivity contribution in [1.82, 2.24) is 0 Å². The molecule has 4 rings (SSSR count). The normalized spacial score (nSPS) is 13.4. The number of thiophene rings is 1. The average Bonchev–Trinajstić information content (AvgIpc) is 3.41. The molecule has 0 atom stereocenters. The number of nitrogens with one attached hydrogen (secondary N) is 2. The third kappa shape index (κ3) is 4.31. The van der Waals surface area contributed by atoms with Crippen LogP contribution < -0.4 is 25.0 Å². The largest absolute Gasteiger partial charge is 0.497 e. The fourth-order valence-electron chi connectivity index (χ4n) is 3.47. The monoisotopic (exact) mass is 463 g/mol. The lowest BCUT2D eigenvalue weighted by Gasteiger charge is -2.16. The van der Waals surface area contributed by atoms with E-state index in [0.717, 1.165) is 4.90 Å². The molecule has 8 nitrogen and oxygen atoms in total. The van der Waals surface area contributed by atoms with Crippen LogP contribution in [0, 0.1) is 0 Å². The second-order valence-corrected chi connectivity index (χ2v) is 8.04. The highest BCUT2D eigenvalue weighted by atomic mass is 32.1. The summed E-state index contributed by atoms with van der Waals surface area (Å²) in [4.78, 5) is 40.0. The zero-order chi connectivity index (χ0) is 23.5. The van der Waals surface area contributed by atoms with Gasteiger partial charge in [0, 0.05) is 23.6 Å². The Morgan fingerprint density at radius 1 is 0.970 bits per heavy atom. The summed E-state index contributed by atoms with van der Waals surface area (Å²) >= 11 is 1.36. The van der Waals surface area contributed by atoms with Crippen molar-refractivity contribution in [3.05, 3.63) is 70.6 Å². The predicted octanol–water partition coefficient (Wildman–Crippen LogP) is 4.12. The van der Waals surface area contributed by atoms with Gasteiger partial charge in [0.15, 0.2) is 0 Å². The summed E-state index contributed by atoms with van der Waals surface area (Å²) in [7, 11) is 3.06. The highest BCUT2D eigenvalue weighted by Gasteiger charge is 2.41. The van der Waals surface area contributed by atoms with Gasteiger partial charge < -0.3 is 20.1 Å². The van der Waals surface area contributed by atoms with Crippen LogP contribution in [0.2, 0.25) is 0 Å². The molecule has 0 bridgehead atoms. The number of amides is 3. The Kier molecular flexibility index (Phi) is 6.14. The summed E-state index contributed by atoms with van der Waals surface area (Å²) in [6.07, 6.45) is 0. The first-order valence-electron chi connectivity index (χ1n) is 9.96. The van der Waals surface area contributed by atoms with Crippen molar-refractivity contribution < 1.29 is 23.9 Å². The minimum Gasteiger partial charge on any atom is -0.497 e. The first kappa shape index (κ1) is 22.1. The SMILES string of the molecule is COc1ccc(OC)c(NC2=C(c3cccs3)C(=O)N(c3ccc(NC(C)=O)cc3)C2=O)c1. The maximum absolute atomic E-state index is 13.5. The second kappa shape index (κ2) is 9.17. The molecule has 33 heavy (non-hydrogen) atoms. The molecule has 0 radical (unpaired) electrons. The van der Waals surface area contributed by atoms with Gasteiger partial charge in [-0.2, -0.15) is 0 Å². The van der Waals surface area contributed by atoms with Gasteiger partial charge in [-0.1, -0.05) is 6.07 Å². The predicted molar refractivity (Wildman–Crippen MR) is 128 cm³/mol. The number of nitrogens with zero attached hydrogens (tertiary/aromatic N) is 1. The van der Waals surface area contributed by atoms with Crippen molar-refractivity contribution in [3.8, 4) is 11.5 Å². The van der Waals surface area contributed by atoms with Crippen molar-refractivity contribution in [2.45, 2.75) is 6.92 Å². The van der Waals surface area contributed by atoms with Crippen LogP contribution in [-0.4, -0.2) is 31.9 Å². The summed E-state index contributed by atoms with van der Waals surface area (Å²) in [6.45, 7) is 1.41. The quantitative estimate of drug-likeness (QED) is 0.512. The molecular formula is C24H21N3O5S. The zero-order valence-corrected chi connectivity index (χ0v) is 19.0. The van der Waals surface area contributed by atoms with Gasteiger partial charge in [-0.25, -0.2) is 4.90 Å². The van der Waals surface area contributed by atoms with Crippen LogP contribution in [0.3, 0.4) is 0 Å². The van der Waals surface area contributed by atoms with Crippen molar-refractivity contribution >= 4 is 51.7 Å². The molecule has 0 spiro atoms. The number of hydrogen-bond acceptors (Lipinski definition) is 7. The lowest BCUT2D eigenvalue weighted by molar-refractivity contribution is -0.120. The Hall–Kier alpha value is -4.11. The van der Waals surface area contributed by atoms with Crippen LogP contribution in [0.25, 0.3) is 5.57 Å². The van der Waals surface area contributed by atoms with E-state index in [4.69, 9.17) is 9.47 Å². The van der Waals surface area contributed by atoms with E-state index in [1.165, 1.54) is 25.4 Å². The molecule has 2 aromatic carbocycles. The third-order valence-electron chi connectivity index (χ3n) is 4.96. The van der Waals surface area contributed by atoms with E-state index in [-0.39, 0.29) is 17.2 Å². The van der Waals surface area contributed by atoms with Crippen molar-refractivity contribution in [1.29, 1.82) is 0 Å². The smallest absolute Gasteiger partial charge is 0.282 e. The molecular weight excluding hydrogens is 442 g/mol. The first-order chi connectivity index (χ1) is 15.9. The number of carbonyl (C=O) groups is 3. The molecule has 168 valence electrons. The van der Waals surface area contributed by atoms with Gasteiger partial charge in [0.05, 0.1) is 31.2 Å². The average molecular weight is 464 g/mol. The Morgan fingerprint density at radius 2 is 1.73 bits per heavy atom. The molecule has 9 heteroatoms. The second-order valence-electron chi connectivity index (χ2n) is 7.09. The zero-order valence-electron chi connectivity index (χ0n) is 18.2. The minimum atomic E-state index is -0.499. The summed E-state index contributed by atoms with van der Waals surface area (Å²) < 4.78 is 10.7. The molecule has 2 N–H and O–H groups in total. The first-order valence-corrected chi connectivity index (χ1v) is 10.8. The van der Waals surface area contributed by atoms with Crippen LogP contribution in [-0.2, 0) is 14.4 Å². The van der Waals surface area contributed by atoms with Gasteiger partial charge in [-0.15, -0.1) is 11.3 Å². The summed E-state index contributed by atoms with van der Waals surface area (Å²) in [6, 6.07) is 15.3. The van der Waals surface area contributed by atoms with Crippen LogP contribution in [0.4, 0.5) is 17.1 Å². The molecule has 1 aliphatic heterocycles. The molecule has 3 amide bonds. The Balaban J connectivity index is 1.75. The molecule has 0 fully saturated rings. The summed E-state index contributed by atoms with van der Waals surface area (Å²) in [5.74, 6) is -0.0953. The van der Waals surface area contributed by atoms with E-state index in [2.05, 4.69) is 10.6 Å². The highest BCUT2D eigenvalue weighted by Crippen LogP contribution is 2.38. The van der Waals surface area contributed by atoms with E-state index in [9.17, 15) is 14.4 Å². The minimum absolute atomic E-state index is 0.139. The lowest BCUT2D eigenvalue weighted by atomic mass is 10.1. The van der Waals surface area contributed by atoms with Crippen molar-refractivity contribution in [2.75, 3.05) is 29.8 Å². The summed E-state index contributed by atoms with van der Waals surface area (Å²) in [5, 5.41) is 7.61. The fraction of sp³-hybridized carbons (Fsp3) is 0.125. The van der Waals surface area contributed by atoms with E-state index in [1.807, 2.05) is 11.4 Å². The maximum atomic E-state index is 13.5. The molecule has 3 aromatic rings. The number of methoxy groups -OCH3 is 2. The molecule has 0 saturated carbocycles. The maximum Gasteiger partial charge on any atom is 0.282 e. The fourth-order valence-corrected chi connectivity index (χ4v) is 4.24. The molecule has 0 unspecified atom stereocenters. The van der Waals surface area contributed by atoms with E-state index in [1.54, 1.807) is 55.6 Å². The number of anilines is 3. The van der Waals surface area contributed by atoms with Gasteiger partial charge in [0.25, 0.3) is 11.8 Å². The molecule has 0 saturated heterocycles. The van der Waals surface area contributed by atoms with E-state index < -0.39 is 11.8 Å². The van der Waals surface area contributed by atoms with Crippen molar-refractivity contribution in [3.63, 3.8) is 0 Å². The number of benzene rings is 2. The number of hydrogen-bond donors (Lipinski definition) is 2. The number of carbonyl (C=O) groups excluding carboxylic acids is 3. The van der Waals surface area contributed by atoms with Gasteiger partial charge in [0.2, 0.25) is 5.91 Å². The molecule has 1 aromatic heterocycles. The van der Waals surface area contributed by atoms with Gasteiger partial charge in [0.1, 0.15) is 17.2 Å². The Bertz CT molecular complexity index is 1250. The molecule has 2 heterocycles. The van der Waals surface area contributed by atoms with E-state index >= 15 is 0 Å². The topological polar surface area (TPSA) is 97.0 Å². The van der Waals surface area contributed by atoms with Gasteiger partial charge in [-0.05, 0) is 47.8 Å². The number of imide groups is 1. The Labute approximate surface area is 194 Å². The third-order valence-corrected chi connectivity index (χ3v) is 5.85. The molecule has 1 aliphatic rings. The van der Waals surface area contributed by atoms with Gasteiger partial charge >= 0.3 is 0 Å². The van der Waals surface area contributed by atoms with Crippen LogP contribution >= 0.6 is 11.3 Å². The highest BCUT2D eigenvalue weighted by molar-refractivity contribution is 7.11. The number of ether oxygens (including phenoxy) is 2. The number of rotatable bonds is 7. The van der Waals surface area contributed by atoms with Crippen LogP contribution in [0.15, 0.2) is 65.7 Å². The molecule has 0 aliphatic carbocycles. The summed E-state index contributed by atoms with van der Waals surface area (Å²) in [5.41, 5.74) is 1.86. The van der Waals surface area contributed by atoms with Crippen LogP contribution in [0.1, 0.15) is 11.8 Å². The van der Waals surface area contributed by atoms with Gasteiger partial charge in [-0.3, -0.25) is 14.4 Å². The van der Waals surface area contributed by atoms with E-state index in [0.29, 0.717) is 33.4 Å². The lowest BCUT2D eigenvalue weighted by Crippen LogP contribution is -2.32.